The zero-order valence-corrected chi connectivity index (χ0v) is 12.2. The van der Waals surface area contributed by atoms with E-state index in [0.717, 1.165) is 23.6 Å². The van der Waals surface area contributed by atoms with Crippen LogP contribution in [-0.2, 0) is 15.5 Å². The van der Waals surface area contributed by atoms with E-state index in [1.807, 2.05) is 26.0 Å². The molecule has 0 spiro atoms. The molecule has 0 saturated carbocycles. The van der Waals surface area contributed by atoms with Crippen LogP contribution in [0.25, 0.3) is 0 Å². The van der Waals surface area contributed by atoms with E-state index in [-0.39, 0.29) is 5.75 Å². The summed E-state index contributed by atoms with van der Waals surface area (Å²) < 4.78 is 27.0. The second-order valence-corrected chi connectivity index (χ2v) is 6.95. The largest absolute Gasteiger partial charge is 0.492 e. The quantitative estimate of drug-likeness (QED) is 0.572. The van der Waals surface area contributed by atoms with Gasteiger partial charge in [-0.1, -0.05) is 6.92 Å². The Balaban J connectivity index is 2.40. The Morgan fingerprint density at radius 3 is 2.67 bits per heavy atom. The van der Waals surface area contributed by atoms with E-state index in [1.54, 1.807) is 0 Å². The SMILES string of the molecule is CCc1nc(C)ccc1OCCCCS(=O)(=O)Cl. The van der Waals surface area contributed by atoms with E-state index in [2.05, 4.69) is 4.98 Å². The average molecular weight is 292 g/mol. The van der Waals surface area contributed by atoms with Crippen molar-refractivity contribution in [1.82, 2.24) is 4.98 Å². The summed E-state index contributed by atoms with van der Waals surface area (Å²) in [5.74, 6) is 0.766. The molecule has 0 amide bonds. The highest BCUT2D eigenvalue weighted by atomic mass is 35.7. The molecular weight excluding hydrogens is 274 g/mol. The van der Waals surface area contributed by atoms with Crippen molar-refractivity contribution in [2.45, 2.75) is 33.1 Å². The van der Waals surface area contributed by atoms with Crippen LogP contribution in [0.1, 0.15) is 31.2 Å². The van der Waals surface area contributed by atoms with Gasteiger partial charge in [-0.2, -0.15) is 0 Å². The summed E-state index contributed by atoms with van der Waals surface area (Å²) in [5, 5.41) is 0. The van der Waals surface area contributed by atoms with Crippen LogP contribution in [-0.4, -0.2) is 25.8 Å². The van der Waals surface area contributed by atoms with Gasteiger partial charge in [-0.25, -0.2) is 8.42 Å². The van der Waals surface area contributed by atoms with Crippen LogP contribution in [0.3, 0.4) is 0 Å². The lowest BCUT2D eigenvalue weighted by Crippen LogP contribution is -2.04. The Labute approximate surface area is 113 Å². The third kappa shape index (κ3) is 5.69. The number of hydrogen-bond donors (Lipinski definition) is 0. The number of aryl methyl sites for hydroxylation is 2. The molecule has 0 saturated heterocycles. The summed E-state index contributed by atoms with van der Waals surface area (Å²) in [6.45, 7) is 4.44. The minimum absolute atomic E-state index is 0.00923. The van der Waals surface area contributed by atoms with Gasteiger partial charge in [0.2, 0.25) is 9.05 Å². The monoisotopic (exact) mass is 291 g/mol. The van der Waals surface area contributed by atoms with Crippen molar-refractivity contribution in [3.05, 3.63) is 23.5 Å². The van der Waals surface area contributed by atoms with Crippen molar-refractivity contribution < 1.29 is 13.2 Å². The van der Waals surface area contributed by atoms with E-state index in [0.29, 0.717) is 19.4 Å². The Bertz CT molecular complexity index is 488. The van der Waals surface area contributed by atoms with Gasteiger partial charge in [-0.3, -0.25) is 4.98 Å². The minimum atomic E-state index is -3.38. The molecule has 18 heavy (non-hydrogen) atoms. The molecule has 1 heterocycles. The number of rotatable bonds is 7. The maximum Gasteiger partial charge on any atom is 0.232 e. The molecule has 1 aromatic rings. The van der Waals surface area contributed by atoms with Crippen LogP contribution in [0.2, 0.25) is 0 Å². The third-order valence-electron chi connectivity index (χ3n) is 2.45. The predicted molar refractivity (Wildman–Crippen MR) is 72.7 cm³/mol. The molecule has 0 aliphatic heterocycles. The Morgan fingerprint density at radius 1 is 1.33 bits per heavy atom. The zero-order chi connectivity index (χ0) is 13.6. The summed E-state index contributed by atoms with van der Waals surface area (Å²) in [6, 6.07) is 3.80. The van der Waals surface area contributed by atoms with Gasteiger partial charge >= 0.3 is 0 Å². The molecule has 102 valence electrons. The highest BCUT2D eigenvalue weighted by Crippen LogP contribution is 2.17. The second-order valence-electron chi connectivity index (χ2n) is 4.05. The molecule has 1 aromatic heterocycles. The molecule has 6 heteroatoms. The minimum Gasteiger partial charge on any atom is -0.492 e. The Kier molecular flexibility index (Phi) is 5.88. The number of hydrogen-bond acceptors (Lipinski definition) is 4. The third-order valence-corrected chi connectivity index (χ3v) is 3.69. The summed E-state index contributed by atoms with van der Waals surface area (Å²) in [7, 11) is 1.73. The highest BCUT2D eigenvalue weighted by molar-refractivity contribution is 8.13. The van der Waals surface area contributed by atoms with E-state index < -0.39 is 9.05 Å². The molecule has 4 nitrogen and oxygen atoms in total. The van der Waals surface area contributed by atoms with E-state index in [1.165, 1.54) is 0 Å². The first-order valence-corrected chi connectivity index (χ1v) is 8.42. The molecule has 0 atom stereocenters. The average Bonchev–Trinajstić information content (AvgIpc) is 2.28. The molecule has 0 aromatic carbocycles. The molecule has 0 radical (unpaired) electrons. The molecular formula is C12H18ClNO3S. The maximum absolute atomic E-state index is 10.7. The lowest BCUT2D eigenvalue weighted by atomic mass is 10.2. The molecule has 0 aliphatic rings. The first-order valence-electron chi connectivity index (χ1n) is 5.94. The van der Waals surface area contributed by atoms with E-state index >= 15 is 0 Å². The van der Waals surface area contributed by atoms with E-state index in [4.69, 9.17) is 15.4 Å². The van der Waals surface area contributed by atoms with Crippen LogP contribution in [0.4, 0.5) is 0 Å². The number of pyridine rings is 1. The van der Waals surface area contributed by atoms with Gasteiger partial charge in [-0.15, -0.1) is 0 Å². The van der Waals surface area contributed by atoms with Crippen molar-refractivity contribution in [1.29, 1.82) is 0 Å². The van der Waals surface area contributed by atoms with Gasteiger partial charge in [0, 0.05) is 16.4 Å². The number of nitrogens with zero attached hydrogens (tertiary/aromatic N) is 1. The van der Waals surface area contributed by atoms with Gasteiger partial charge in [0.05, 0.1) is 18.1 Å². The van der Waals surface area contributed by atoms with Crippen molar-refractivity contribution in [3.8, 4) is 5.75 Å². The molecule has 0 N–H and O–H groups in total. The van der Waals surface area contributed by atoms with Gasteiger partial charge in [0.15, 0.2) is 0 Å². The highest BCUT2D eigenvalue weighted by Gasteiger charge is 2.06. The van der Waals surface area contributed by atoms with Crippen LogP contribution in [0.15, 0.2) is 12.1 Å². The lowest BCUT2D eigenvalue weighted by molar-refractivity contribution is 0.305. The van der Waals surface area contributed by atoms with Gasteiger partial charge in [-0.05, 0) is 38.3 Å². The summed E-state index contributed by atoms with van der Waals surface area (Å²) in [5.41, 5.74) is 1.90. The topological polar surface area (TPSA) is 56.3 Å². The maximum atomic E-state index is 10.7. The van der Waals surface area contributed by atoms with Crippen LogP contribution < -0.4 is 4.74 Å². The normalized spacial score (nSPS) is 11.5. The first kappa shape index (κ1) is 15.2. The van der Waals surface area contributed by atoms with Gasteiger partial charge in [0.1, 0.15) is 5.75 Å². The fourth-order valence-electron chi connectivity index (χ4n) is 1.54. The van der Waals surface area contributed by atoms with Crippen LogP contribution >= 0.6 is 10.7 Å². The summed E-state index contributed by atoms with van der Waals surface area (Å²) in [6.07, 6.45) is 1.97. The number of unbranched alkanes of at least 4 members (excludes halogenated alkanes) is 1. The second kappa shape index (κ2) is 6.95. The van der Waals surface area contributed by atoms with Crippen molar-refractivity contribution in [2.75, 3.05) is 12.4 Å². The summed E-state index contributed by atoms with van der Waals surface area (Å²) >= 11 is 0. The van der Waals surface area contributed by atoms with Crippen LogP contribution in [0, 0.1) is 6.92 Å². The van der Waals surface area contributed by atoms with E-state index in [9.17, 15) is 8.42 Å². The number of halogens is 1. The zero-order valence-electron chi connectivity index (χ0n) is 10.6. The van der Waals surface area contributed by atoms with Crippen LogP contribution in [0.5, 0.6) is 5.75 Å². The molecule has 0 unspecified atom stereocenters. The smallest absolute Gasteiger partial charge is 0.232 e. The van der Waals surface area contributed by atoms with Crippen molar-refractivity contribution in [2.24, 2.45) is 0 Å². The number of ether oxygens (including phenoxy) is 1. The lowest BCUT2D eigenvalue weighted by Gasteiger charge is -2.10. The van der Waals surface area contributed by atoms with Crippen molar-refractivity contribution in [3.63, 3.8) is 0 Å². The molecule has 1 rings (SSSR count). The Hall–Kier alpha value is -0.810. The fraction of sp³-hybridized carbons (Fsp3) is 0.583. The fourth-order valence-corrected chi connectivity index (χ4v) is 2.42. The number of aromatic nitrogens is 1. The predicted octanol–water partition coefficient (Wildman–Crippen LogP) is 2.68. The van der Waals surface area contributed by atoms with Crippen molar-refractivity contribution >= 4 is 19.7 Å². The molecule has 0 aliphatic carbocycles. The molecule has 0 fully saturated rings. The standard InChI is InChI=1S/C12H18ClNO3S/c1-3-11-12(7-6-10(2)14-11)17-8-4-5-9-18(13,15)16/h6-7H,3-5,8-9H2,1-2H3. The molecule has 0 bridgehead atoms. The van der Waals surface area contributed by atoms with Gasteiger partial charge < -0.3 is 4.74 Å². The first-order chi connectivity index (χ1) is 8.42. The summed E-state index contributed by atoms with van der Waals surface area (Å²) in [4.78, 5) is 4.39. The van der Waals surface area contributed by atoms with Gasteiger partial charge in [0.25, 0.3) is 0 Å². The Morgan fingerprint density at radius 2 is 2.06 bits per heavy atom.